The Morgan fingerprint density at radius 3 is 2.57 bits per heavy atom. The molecule has 4 rings (SSSR count). The number of hydrogen-bond acceptors (Lipinski definition) is 5. The zero-order valence-electron chi connectivity index (χ0n) is 12.6. The van der Waals surface area contributed by atoms with Crippen LogP contribution in [0.3, 0.4) is 0 Å². The summed E-state index contributed by atoms with van der Waals surface area (Å²) in [6, 6.07) is 9.32. The Balaban J connectivity index is 1.77. The minimum Gasteiger partial charge on any atom is -0.339 e. The molecule has 0 saturated heterocycles. The molecular weight excluding hydrogens is 294 g/mol. The highest BCUT2D eigenvalue weighted by atomic mass is 16.5. The maximum Gasteiger partial charge on any atom is 0.274 e. The number of aryl methyl sites for hydroxylation is 2. The van der Waals surface area contributed by atoms with Crippen molar-refractivity contribution in [2.45, 2.75) is 13.8 Å². The van der Waals surface area contributed by atoms with Gasteiger partial charge in [0.25, 0.3) is 5.56 Å². The molecule has 0 saturated carbocycles. The van der Waals surface area contributed by atoms with Crippen LogP contribution < -0.4 is 5.56 Å². The topological polar surface area (TPSA) is 89.1 Å². The molecule has 1 aromatic carbocycles. The van der Waals surface area contributed by atoms with Crippen molar-refractivity contribution in [3.63, 3.8) is 0 Å². The molecule has 0 aliphatic heterocycles. The quantitative estimate of drug-likeness (QED) is 0.614. The number of hydrogen-bond donors (Lipinski definition) is 1. The fraction of sp³-hybridized carbons (Fsp3) is 0.125. The van der Waals surface area contributed by atoms with E-state index >= 15 is 0 Å². The molecule has 0 radical (unpaired) electrons. The Hall–Kier alpha value is -3.22. The Kier molecular flexibility index (Phi) is 2.87. The van der Waals surface area contributed by atoms with Crippen LogP contribution in [0.4, 0.5) is 0 Å². The van der Waals surface area contributed by atoms with Crippen molar-refractivity contribution < 1.29 is 4.52 Å². The second kappa shape index (κ2) is 4.91. The van der Waals surface area contributed by atoms with Crippen LogP contribution in [-0.4, -0.2) is 24.7 Å². The summed E-state index contributed by atoms with van der Waals surface area (Å²) in [7, 11) is 0. The summed E-state index contributed by atoms with van der Waals surface area (Å²) in [4.78, 5) is 19.2. The molecule has 23 heavy (non-hydrogen) atoms. The van der Waals surface area contributed by atoms with Crippen LogP contribution in [0.15, 0.2) is 45.8 Å². The molecule has 0 amide bonds. The van der Waals surface area contributed by atoms with Crippen LogP contribution in [0.25, 0.3) is 28.2 Å². The van der Waals surface area contributed by atoms with Crippen molar-refractivity contribution >= 4 is 5.52 Å². The molecule has 0 bridgehead atoms. The summed E-state index contributed by atoms with van der Waals surface area (Å²) in [6.45, 7) is 3.60. The van der Waals surface area contributed by atoms with Crippen molar-refractivity contribution in [1.29, 1.82) is 0 Å². The number of benzene rings is 1. The van der Waals surface area contributed by atoms with Crippen molar-refractivity contribution in [2.24, 2.45) is 0 Å². The Morgan fingerprint density at radius 2 is 1.87 bits per heavy atom. The Bertz CT molecular complexity index is 1060. The van der Waals surface area contributed by atoms with Crippen LogP contribution in [-0.2, 0) is 0 Å². The van der Waals surface area contributed by atoms with Gasteiger partial charge >= 0.3 is 0 Å². The predicted molar refractivity (Wildman–Crippen MR) is 84.0 cm³/mol. The number of nitrogens with zero attached hydrogens (tertiary/aromatic N) is 4. The second-order valence-electron chi connectivity index (χ2n) is 5.33. The van der Waals surface area contributed by atoms with Gasteiger partial charge in [-0.1, -0.05) is 29.4 Å². The number of nitrogens with one attached hydrogen (secondary N) is 1. The fourth-order valence-electron chi connectivity index (χ4n) is 2.49. The van der Waals surface area contributed by atoms with Crippen molar-refractivity contribution in [1.82, 2.24) is 24.7 Å². The number of aromatic amines is 1. The van der Waals surface area contributed by atoms with Crippen molar-refractivity contribution in [2.75, 3.05) is 0 Å². The summed E-state index contributed by atoms with van der Waals surface area (Å²) in [5.41, 5.74) is 3.59. The Morgan fingerprint density at radius 1 is 1.13 bits per heavy atom. The van der Waals surface area contributed by atoms with E-state index < -0.39 is 0 Å². The molecule has 0 unspecified atom stereocenters. The van der Waals surface area contributed by atoms with Crippen molar-refractivity contribution in [3.05, 3.63) is 58.5 Å². The lowest BCUT2D eigenvalue weighted by atomic mass is 10.1. The van der Waals surface area contributed by atoms with Gasteiger partial charge < -0.3 is 9.51 Å². The molecule has 7 heteroatoms. The average Bonchev–Trinajstić information content (AvgIpc) is 3.13. The van der Waals surface area contributed by atoms with E-state index in [0.29, 0.717) is 22.9 Å². The molecule has 0 spiro atoms. The molecule has 3 aromatic heterocycles. The molecule has 1 N–H and O–H groups in total. The highest BCUT2D eigenvalue weighted by Crippen LogP contribution is 2.21. The maximum absolute atomic E-state index is 12.1. The number of rotatable bonds is 2. The molecule has 0 aliphatic carbocycles. The van der Waals surface area contributed by atoms with Crippen LogP contribution >= 0.6 is 0 Å². The highest BCUT2D eigenvalue weighted by Gasteiger charge is 2.09. The number of aromatic nitrogens is 5. The standard InChI is InChI=1S/C16H13N5O2/c1-9-7-14-16(22)18-13(8-21(14)19-9)11-3-5-12(6-4-11)15-17-10(2)23-20-15/h3-8H,1-2H3,(H,18,22). The largest absolute Gasteiger partial charge is 0.339 e. The van der Waals surface area contributed by atoms with Gasteiger partial charge in [-0.25, -0.2) is 4.52 Å². The van der Waals surface area contributed by atoms with Gasteiger partial charge in [0.2, 0.25) is 11.7 Å². The van der Waals surface area contributed by atoms with Gasteiger partial charge in [-0.3, -0.25) is 4.79 Å². The van der Waals surface area contributed by atoms with Crippen molar-refractivity contribution in [3.8, 4) is 22.6 Å². The molecule has 7 nitrogen and oxygen atoms in total. The Labute approximate surface area is 130 Å². The van der Waals surface area contributed by atoms with Gasteiger partial charge in [0.1, 0.15) is 5.52 Å². The smallest absolute Gasteiger partial charge is 0.274 e. The van der Waals surface area contributed by atoms with Gasteiger partial charge in [0.15, 0.2) is 0 Å². The fourth-order valence-corrected chi connectivity index (χ4v) is 2.49. The summed E-state index contributed by atoms with van der Waals surface area (Å²) in [5.74, 6) is 1.06. The lowest BCUT2D eigenvalue weighted by molar-refractivity contribution is 0.394. The first-order chi connectivity index (χ1) is 11.1. The number of H-pyrrole nitrogens is 1. The first kappa shape index (κ1) is 13.4. The van der Waals surface area contributed by atoms with Crippen LogP contribution in [0.2, 0.25) is 0 Å². The maximum atomic E-state index is 12.1. The first-order valence-electron chi connectivity index (χ1n) is 7.10. The minimum atomic E-state index is -0.166. The van der Waals surface area contributed by atoms with E-state index in [0.717, 1.165) is 16.8 Å². The van der Waals surface area contributed by atoms with Gasteiger partial charge in [-0.2, -0.15) is 10.1 Å². The molecule has 0 fully saturated rings. The second-order valence-corrected chi connectivity index (χ2v) is 5.33. The van der Waals surface area contributed by atoms with Crippen LogP contribution in [0, 0.1) is 13.8 Å². The van der Waals surface area contributed by atoms with Gasteiger partial charge in [0.05, 0.1) is 17.6 Å². The van der Waals surface area contributed by atoms with Gasteiger partial charge in [0, 0.05) is 12.5 Å². The summed E-state index contributed by atoms with van der Waals surface area (Å²) in [5, 5.41) is 8.18. The zero-order chi connectivity index (χ0) is 16.0. The highest BCUT2D eigenvalue weighted by molar-refractivity contribution is 5.65. The van der Waals surface area contributed by atoms with Crippen LogP contribution in [0.1, 0.15) is 11.6 Å². The van der Waals surface area contributed by atoms with Gasteiger partial charge in [-0.15, -0.1) is 0 Å². The molecule has 3 heterocycles. The summed E-state index contributed by atoms with van der Waals surface area (Å²) >= 11 is 0. The normalized spacial score (nSPS) is 11.2. The molecule has 0 atom stereocenters. The zero-order valence-corrected chi connectivity index (χ0v) is 12.6. The third-order valence-electron chi connectivity index (χ3n) is 3.57. The SMILES string of the molecule is Cc1cc2c(=O)[nH]c(-c3ccc(-c4noc(C)n4)cc3)cn2n1. The monoisotopic (exact) mass is 307 g/mol. The van der Waals surface area contributed by atoms with E-state index in [1.54, 1.807) is 23.7 Å². The summed E-state index contributed by atoms with van der Waals surface area (Å²) in [6.07, 6.45) is 1.80. The minimum absolute atomic E-state index is 0.166. The molecular formula is C16H13N5O2. The number of fused-ring (bicyclic) bond motifs is 1. The molecule has 4 aromatic rings. The molecule has 0 aliphatic rings. The average molecular weight is 307 g/mol. The van der Waals surface area contributed by atoms with Crippen LogP contribution in [0.5, 0.6) is 0 Å². The third-order valence-corrected chi connectivity index (χ3v) is 3.57. The van der Waals surface area contributed by atoms with E-state index in [1.807, 2.05) is 31.2 Å². The van der Waals surface area contributed by atoms with E-state index in [9.17, 15) is 4.79 Å². The third kappa shape index (κ3) is 2.32. The summed E-state index contributed by atoms with van der Waals surface area (Å²) < 4.78 is 6.58. The first-order valence-corrected chi connectivity index (χ1v) is 7.10. The van der Waals surface area contributed by atoms with E-state index in [4.69, 9.17) is 4.52 Å². The van der Waals surface area contributed by atoms with E-state index in [-0.39, 0.29) is 5.56 Å². The lowest BCUT2D eigenvalue weighted by Gasteiger charge is -2.03. The predicted octanol–water partition coefficient (Wildman–Crippen LogP) is 2.36. The van der Waals surface area contributed by atoms with Gasteiger partial charge in [-0.05, 0) is 18.6 Å². The lowest BCUT2D eigenvalue weighted by Crippen LogP contribution is -2.10. The van der Waals surface area contributed by atoms with E-state index in [2.05, 4.69) is 20.2 Å². The van der Waals surface area contributed by atoms with E-state index in [1.165, 1.54) is 0 Å². The molecule has 114 valence electrons.